The van der Waals surface area contributed by atoms with Gasteiger partial charge in [0, 0.05) is 17.9 Å². The number of halogens is 1. The second-order valence-corrected chi connectivity index (χ2v) is 5.45. The minimum Gasteiger partial charge on any atom is -0.354 e. The van der Waals surface area contributed by atoms with Crippen molar-refractivity contribution in [2.75, 3.05) is 11.9 Å². The average molecular weight is 311 g/mol. The number of nitrogens with zero attached hydrogens (tertiary/aromatic N) is 5. The molecule has 2 aromatic rings. The molecule has 0 atom stereocenters. The van der Waals surface area contributed by atoms with E-state index < -0.39 is 0 Å². The lowest BCUT2D eigenvalue weighted by molar-refractivity contribution is 0.860. The second-order valence-electron chi connectivity index (χ2n) is 4.17. The molecule has 0 aliphatic rings. The number of rotatable bonds is 5. The minimum atomic E-state index is 0.158. The zero-order valence-electron chi connectivity index (χ0n) is 11.5. The molecule has 1 N–H and O–H groups in total. The second kappa shape index (κ2) is 6.81. The molecule has 106 valence electrons. The van der Waals surface area contributed by atoms with Gasteiger partial charge in [-0.3, -0.25) is 0 Å². The molecule has 0 saturated heterocycles. The van der Waals surface area contributed by atoms with E-state index in [0.29, 0.717) is 16.3 Å². The summed E-state index contributed by atoms with van der Waals surface area (Å²) >= 11 is 7.17. The Morgan fingerprint density at radius 1 is 1.05 bits per heavy atom. The van der Waals surface area contributed by atoms with E-state index in [1.807, 2.05) is 19.9 Å². The molecular formula is C12H15ClN6S. The van der Waals surface area contributed by atoms with Crippen LogP contribution in [0.5, 0.6) is 0 Å². The first-order valence-corrected chi connectivity index (χ1v) is 7.42. The van der Waals surface area contributed by atoms with Crippen LogP contribution in [0.25, 0.3) is 0 Å². The fourth-order valence-electron chi connectivity index (χ4n) is 1.51. The van der Waals surface area contributed by atoms with Crippen LogP contribution in [-0.2, 0) is 0 Å². The standard InChI is InChI=1S/C12H15ClN6S/c1-4-5-14-10-17-9(13)18-12(19-10)20-11-15-7(2)6-8(3)16-11/h6H,4-5H2,1-3H3,(H,14,17,18,19). The van der Waals surface area contributed by atoms with Crippen molar-refractivity contribution in [2.45, 2.75) is 37.5 Å². The fourth-order valence-corrected chi connectivity index (χ4v) is 2.53. The van der Waals surface area contributed by atoms with Crippen LogP contribution < -0.4 is 5.32 Å². The van der Waals surface area contributed by atoms with E-state index in [1.165, 1.54) is 11.8 Å². The number of hydrogen-bond acceptors (Lipinski definition) is 7. The highest BCUT2D eigenvalue weighted by Gasteiger charge is 2.09. The van der Waals surface area contributed by atoms with Gasteiger partial charge in [-0.05, 0) is 49.7 Å². The van der Waals surface area contributed by atoms with Gasteiger partial charge in [0.1, 0.15) is 0 Å². The van der Waals surface area contributed by atoms with E-state index >= 15 is 0 Å². The Kier molecular flexibility index (Phi) is 5.08. The highest BCUT2D eigenvalue weighted by molar-refractivity contribution is 7.99. The molecule has 0 aromatic carbocycles. The first-order chi connectivity index (χ1) is 9.56. The van der Waals surface area contributed by atoms with Crippen molar-refractivity contribution in [3.63, 3.8) is 0 Å². The molecule has 0 radical (unpaired) electrons. The van der Waals surface area contributed by atoms with Crippen LogP contribution in [0, 0.1) is 13.8 Å². The third-order valence-electron chi connectivity index (χ3n) is 2.27. The van der Waals surface area contributed by atoms with Crippen LogP contribution in [0.1, 0.15) is 24.7 Å². The van der Waals surface area contributed by atoms with Gasteiger partial charge in [-0.25, -0.2) is 9.97 Å². The lowest BCUT2D eigenvalue weighted by Gasteiger charge is -2.05. The Balaban J connectivity index is 2.21. The normalized spacial score (nSPS) is 10.6. The zero-order valence-corrected chi connectivity index (χ0v) is 13.1. The van der Waals surface area contributed by atoms with Gasteiger partial charge >= 0.3 is 0 Å². The largest absolute Gasteiger partial charge is 0.354 e. The minimum absolute atomic E-state index is 0.158. The molecular weight excluding hydrogens is 296 g/mol. The van der Waals surface area contributed by atoms with E-state index in [1.54, 1.807) is 0 Å². The Hall–Kier alpha value is -1.47. The van der Waals surface area contributed by atoms with Crippen LogP contribution in [0.4, 0.5) is 5.95 Å². The summed E-state index contributed by atoms with van der Waals surface area (Å²) in [6, 6.07) is 1.92. The van der Waals surface area contributed by atoms with Crippen LogP contribution in [-0.4, -0.2) is 31.5 Å². The van der Waals surface area contributed by atoms with E-state index in [0.717, 1.165) is 24.4 Å². The smallest absolute Gasteiger partial charge is 0.228 e. The molecule has 0 spiro atoms. The molecule has 2 rings (SSSR count). The third kappa shape index (κ3) is 4.28. The quantitative estimate of drug-likeness (QED) is 0.851. The molecule has 0 aliphatic heterocycles. The Bertz CT molecular complexity index is 586. The number of nitrogens with one attached hydrogen (secondary N) is 1. The van der Waals surface area contributed by atoms with Crippen molar-refractivity contribution in [1.29, 1.82) is 0 Å². The topological polar surface area (TPSA) is 76.5 Å². The molecule has 2 heterocycles. The molecule has 2 aromatic heterocycles. The van der Waals surface area contributed by atoms with Crippen LogP contribution in [0.2, 0.25) is 5.28 Å². The average Bonchev–Trinajstić information content (AvgIpc) is 2.34. The summed E-state index contributed by atoms with van der Waals surface area (Å²) in [5, 5.41) is 4.32. The maximum atomic E-state index is 5.90. The number of aryl methyl sites for hydroxylation is 2. The zero-order chi connectivity index (χ0) is 14.5. The summed E-state index contributed by atoms with van der Waals surface area (Å²) < 4.78 is 0. The summed E-state index contributed by atoms with van der Waals surface area (Å²) in [6.45, 7) is 6.69. The highest BCUT2D eigenvalue weighted by atomic mass is 35.5. The summed E-state index contributed by atoms with van der Waals surface area (Å²) in [5.41, 5.74) is 1.81. The monoisotopic (exact) mass is 310 g/mol. The number of anilines is 1. The van der Waals surface area contributed by atoms with Gasteiger partial charge < -0.3 is 5.32 Å². The van der Waals surface area contributed by atoms with E-state index in [4.69, 9.17) is 11.6 Å². The lowest BCUT2D eigenvalue weighted by atomic mass is 10.4. The number of aromatic nitrogens is 5. The van der Waals surface area contributed by atoms with Gasteiger partial charge in [-0.1, -0.05) is 6.92 Å². The first-order valence-electron chi connectivity index (χ1n) is 6.22. The van der Waals surface area contributed by atoms with Crippen LogP contribution >= 0.6 is 23.4 Å². The molecule has 20 heavy (non-hydrogen) atoms. The molecule has 0 unspecified atom stereocenters. The van der Waals surface area contributed by atoms with Crippen molar-refractivity contribution >= 4 is 29.3 Å². The molecule has 0 aliphatic carbocycles. The Labute approximate surface area is 126 Å². The summed E-state index contributed by atoms with van der Waals surface area (Å²) in [4.78, 5) is 21.1. The van der Waals surface area contributed by atoms with Gasteiger partial charge in [0.25, 0.3) is 0 Å². The van der Waals surface area contributed by atoms with Gasteiger partial charge in [-0.15, -0.1) is 0 Å². The maximum absolute atomic E-state index is 5.90. The Morgan fingerprint density at radius 3 is 2.35 bits per heavy atom. The van der Waals surface area contributed by atoms with Crippen molar-refractivity contribution in [1.82, 2.24) is 24.9 Å². The molecule has 6 nitrogen and oxygen atoms in total. The maximum Gasteiger partial charge on any atom is 0.228 e. The Morgan fingerprint density at radius 2 is 1.70 bits per heavy atom. The summed E-state index contributed by atoms with van der Waals surface area (Å²) in [6.07, 6.45) is 0.978. The van der Waals surface area contributed by atoms with Gasteiger partial charge in [0.05, 0.1) is 0 Å². The molecule has 8 heteroatoms. The fraction of sp³-hybridized carbons (Fsp3) is 0.417. The van der Waals surface area contributed by atoms with E-state index in [9.17, 15) is 0 Å². The first kappa shape index (κ1) is 14.9. The molecule has 0 amide bonds. The highest BCUT2D eigenvalue weighted by Crippen LogP contribution is 2.23. The van der Waals surface area contributed by atoms with Crippen molar-refractivity contribution in [3.05, 3.63) is 22.7 Å². The molecule has 0 fully saturated rings. The van der Waals surface area contributed by atoms with Gasteiger partial charge in [0.2, 0.25) is 16.4 Å². The van der Waals surface area contributed by atoms with Crippen LogP contribution in [0.3, 0.4) is 0 Å². The molecule has 0 saturated carbocycles. The molecule has 0 bridgehead atoms. The van der Waals surface area contributed by atoms with Crippen LogP contribution in [0.15, 0.2) is 16.4 Å². The predicted molar refractivity (Wildman–Crippen MR) is 79.2 cm³/mol. The third-order valence-corrected chi connectivity index (χ3v) is 3.16. The van der Waals surface area contributed by atoms with Crippen molar-refractivity contribution < 1.29 is 0 Å². The van der Waals surface area contributed by atoms with E-state index in [-0.39, 0.29) is 5.28 Å². The summed E-state index contributed by atoms with van der Waals surface area (Å²) in [7, 11) is 0. The number of hydrogen-bond donors (Lipinski definition) is 1. The lowest BCUT2D eigenvalue weighted by Crippen LogP contribution is -2.06. The van der Waals surface area contributed by atoms with E-state index in [2.05, 4.69) is 37.2 Å². The van der Waals surface area contributed by atoms with Crippen molar-refractivity contribution in [3.8, 4) is 0 Å². The SMILES string of the molecule is CCCNc1nc(Cl)nc(Sc2nc(C)cc(C)n2)n1. The van der Waals surface area contributed by atoms with Crippen molar-refractivity contribution in [2.24, 2.45) is 0 Å². The van der Waals surface area contributed by atoms with Gasteiger partial charge in [-0.2, -0.15) is 15.0 Å². The van der Waals surface area contributed by atoms with Gasteiger partial charge in [0.15, 0.2) is 5.16 Å². The predicted octanol–water partition coefficient (Wildman–Crippen LogP) is 2.90. The summed E-state index contributed by atoms with van der Waals surface area (Å²) in [5.74, 6) is 0.471.